The zero-order valence-corrected chi connectivity index (χ0v) is 14.5. The maximum Gasteiger partial charge on any atom is 0.256 e. The number of H-pyrrole nitrogens is 1. The van der Waals surface area contributed by atoms with E-state index in [-0.39, 0.29) is 12.0 Å². The van der Waals surface area contributed by atoms with E-state index >= 15 is 0 Å². The lowest BCUT2D eigenvalue weighted by Gasteiger charge is -2.06. The van der Waals surface area contributed by atoms with E-state index in [0.717, 1.165) is 46.5 Å². The first-order valence-electron chi connectivity index (χ1n) is 7.88. The van der Waals surface area contributed by atoms with E-state index < -0.39 is 0 Å². The van der Waals surface area contributed by atoms with Crippen molar-refractivity contribution in [2.24, 2.45) is 0 Å². The maximum absolute atomic E-state index is 12.4. The van der Waals surface area contributed by atoms with Gasteiger partial charge in [-0.25, -0.2) is 4.98 Å². The van der Waals surface area contributed by atoms with E-state index in [2.05, 4.69) is 31.2 Å². The molecule has 1 aliphatic heterocycles. The van der Waals surface area contributed by atoms with E-state index in [4.69, 9.17) is 4.74 Å². The average Bonchev–Trinajstić information content (AvgIpc) is 3.24. The summed E-state index contributed by atoms with van der Waals surface area (Å²) >= 11 is 3.40. The molecule has 0 radical (unpaired) electrons. The Morgan fingerprint density at radius 3 is 2.96 bits per heavy atom. The second kappa shape index (κ2) is 6.37. The third kappa shape index (κ3) is 2.95. The molecule has 6 heteroatoms. The molecule has 1 aromatic heterocycles. The lowest BCUT2D eigenvalue weighted by molar-refractivity contribution is 0.102. The Morgan fingerprint density at radius 2 is 2.17 bits per heavy atom. The predicted octanol–water partition coefficient (Wildman–Crippen LogP) is 4.43. The number of aromatic amines is 1. The number of rotatable bonds is 3. The molecule has 0 spiro atoms. The molecular weight excluding hydrogens is 370 g/mol. The van der Waals surface area contributed by atoms with Gasteiger partial charge in [0.15, 0.2) is 0 Å². The van der Waals surface area contributed by atoms with Crippen LogP contribution in [0.5, 0.6) is 0 Å². The van der Waals surface area contributed by atoms with E-state index in [1.165, 1.54) is 0 Å². The monoisotopic (exact) mass is 385 g/mol. The third-order valence-electron chi connectivity index (χ3n) is 4.11. The van der Waals surface area contributed by atoms with Crippen LogP contribution in [-0.4, -0.2) is 22.5 Å². The zero-order valence-electron chi connectivity index (χ0n) is 12.9. The highest BCUT2D eigenvalue weighted by Gasteiger charge is 2.21. The summed E-state index contributed by atoms with van der Waals surface area (Å²) in [5.41, 5.74) is 3.10. The molecule has 0 aliphatic carbocycles. The van der Waals surface area contributed by atoms with E-state index in [9.17, 15) is 4.79 Å². The molecule has 0 unspecified atom stereocenters. The van der Waals surface area contributed by atoms with Crippen molar-refractivity contribution < 1.29 is 9.53 Å². The van der Waals surface area contributed by atoms with Crippen molar-refractivity contribution in [1.29, 1.82) is 0 Å². The van der Waals surface area contributed by atoms with Crippen LogP contribution in [0.1, 0.15) is 35.1 Å². The summed E-state index contributed by atoms with van der Waals surface area (Å²) in [6.07, 6.45) is 2.11. The van der Waals surface area contributed by atoms with Crippen LogP contribution in [0, 0.1) is 0 Å². The Kier molecular flexibility index (Phi) is 4.08. The first-order chi connectivity index (χ1) is 11.7. The van der Waals surface area contributed by atoms with E-state index in [1.54, 1.807) is 6.07 Å². The molecule has 0 saturated carbocycles. The molecule has 1 atom stereocenters. The number of benzene rings is 2. The maximum atomic E-state index is 12.4. The number of fused-ring (bicyclic) bond motifs is 1. The number of amides is 1. The van der Waals surface area contributed by atoms with Gasteiger partial charge in [-0.15, -0.1) is 0 Å². The molecule has 2 heterocycles. The largest absolute Gasteiger partial charge is 0.370 e. The molecule has 4 rings (SSSR count). The SMILES string of the molecule is O=C(Nc1ccc2nc([C@H]3CCCO3)[nH]c2c1)c1ccccc1Br. The minimum atomic E-state index is -0.152. The number of carbonyl (C=O) groups excluding carboxylic acids is 1. The zero-order chi connectivity index (χ0) is 16.5. The van der Waals surface area contributed by atoms with Crippen molar-refractivity contribution in [3.8, 4) is 0 Å². The molecule has 2 aromatic carbocycles. The number of halogens is 1. The topological polar surface area (TPSA) is 67.0 Å². The van der Waals surface area contributed by atoms with Crippen LogP contribution in [-0.2, 0) is 4.74 Å². The quantitative estimate of drug-likeness (QED) is 0.700. The van der Waals surface area contributed by atoms with Gasteiger partial charge in [0.05, 0.1) is 16.6 Å². The van der Waals surface area contributed by atoms with Gasteiger partial charge >= 0.3 is 0 Å². The van der Waals surface area contributed by atoms with Crippen LogP contribution < -0.4 is 5.32 Å². The minimum Gasteiger partial charge on any atom is -0.370 e. The van der Waals surface area contributed by atoms with Gasteiger partial charge in [-0.05, 0) is 59.1 Å². The number of hydrogen-bond acceptors (Lipinski definition) is 3. The second-order valence-electron chi connectivity index (χ2n) is 5.79. The van der Waals surface area contributed by atoms with Gasteiger partial charge in [-0.2, -0.15) is 0 Å². The molecule has 0 bridgehead atoms. The Morgan fingerprint density at radius 1 is 1.29 bits per heavy atom. The Bertz CT molecular complexity index is 900. The first-order valence-corrected chi connectivity index (χ1v) is 8.67. The van der Waals surface area contributed by atoms with Crippen molar-refractivity contribution in [1.82, 2.24) is 9.97 Å². The van der Waals surface area contributed by atoms with Crippen molar-refractivity contribution >= 4 is 38.6 Å². The summed E-state index contributed by atoms with van der Waals surface area (Å²) in [5.74, 6) is 0.706. The van der Waals surface area contributed by atoms with Gasteiger partial charge in [-0.1, -0.05) is 12.1 Å². The van der Waals surface area contributed by atoms with Gasteiger partial charge in [-0.3, -0.25) is 4.79 Å². The smallest absolute Gasteiger partial charge is 0.256 e. The van der Waals surface area contributed by atoms with E-state index in [1.807, 2.05) is 36.4 Å². The summed E-state index contributed by atoms with van der Waals surface area (Å²) in [6.45, 7) is 0.787. The highest BCUT2D eigenvalue weighted by Crippen LogP contribution is 2.29. The van der Waals surface area contributed by atoms with Gasteiger partial charge in [0.25, 0.3) is 5.91 Å². The normalized spacial score (nSPS) is 17.3. The van der Waals surface area contributed by atoms with Crippen molar-refractivity contribution in [2.75, 3.05) is 11.9 Å². The molecule has 1 saturated heterocycles. The summed E-state index contributed by atoms with van der Waals surface area (Å²) in [7, 11) is 0. The number of ether oxygens (including phenoxy) is 1. The van der Waals surface area contributed by atoms with Crippen molar-refractivity contribution in [2.45, 2.75) is 18.9 Å². The van der Waals surface area contributed by atoms with E-state index in [0.29, 0.717) is 5.56 Å². The van der Waals surface area contributed by atoms with Gasteiger partial charge in [0, 0.05) is 16.8 Å². The van der Waals surface area contributed by atoms with Crippen LogP contribution in [0.4, 0.5) is 5.69 Å². The standard InChI is InChI=1S/C18H16BrN3O2/c19-13-5-2-1-4-12(13)18(23)20-11-7-8-14-15(10-11)22-17(21-14)16-6-3-9-24-16/h1-2,4-5,7-8,10,16H,3,6,9H2,(H,20,23)(H,21,22)/t16-/m1/s1. The average molecular weight is 386 g/mol. The summed E-state index contributed by atoms with van der Waals surface area (Å²) in [6, 6.07) is 13.0. The minimum absolute atomic E-state index is 0.0516. The van der Waals surface area contributed by atoms with Gasteiger partial charge in [0.1, 0.15) is 11.9 Å². The second-order valence-corrected chi connectivity index (χ2v) is 6.64. The molecule has 122 valence electrons. The Labute approximate surface area is 147 Å². The number of anilines is 1. The third-order valence-corrected chi connectivity index (χ3v) is 4.80. The predicted molar refractivity (Wildman–Crippen MR) is 96.1 cm³/mol. The van der Waals surface area contributed by atoms with Crippen LogP contribution >= 0.6 is 15.9 Å². The van der Waals surface area contributed by atoms with Crippen molar-refractivity contribution in [3.63, 3.8) is 0 Å². The number of hydrogen-bond donors (Lipinski definition) is 2. The highest BCUT2D eigenvalue weighted by atomic mass is 79.9. The van der Waals surface area contributed by atoms with Gasteiger partial charge in [0.2, 0.25) is 0 Å². The summed E-state index contributed by atoms with van der Waals surface area (Å²) < 4.78 is 6.43. The number of imidazole rings is 1. The molecule has 3 aromatic rings. The number of carbonyl (C=O) groups is 1. The Hall–Kier alpha value is -2.18. The first kappa shape index (κ1) is 15.4. The number of nitrogens with one attached hydrogen (secondary N) is 2. The molecule has 1 amide bonds. The number of aromatic nitrogens is 2. The fourth-order valence-corrected chi connectivity index (χ4v) is 3.36. The highest BCUT2D eigenvalue weighted by molar-refractivity contribution is 9.10. The number of nitrogens with zero attached hydrogens (tertiary/aromatic N) is 1. The fraction of sp³-hybridized carbons (Fsp3) is 0.222. The van der Waals surface area contributed by atoms with Gasteiger partial charge < -0.3 is 15.0 Å². The fourth-order valence-electron chi connectivity index (χ4n) is 2.90. The van der Waals surface area contributed by atoms with Crippen LogP contribution in [0.15, 0.2) is 46.9 Å². The molecule has 24 heavy (non-hydrogen) atoms. The van der Waals surface area contributed by atoms with Crippen LogP contribution in [0.3, 0.4) is 0 Å². The lowest BCUT2D eigenvalue weighted by Crippen LogP contribution is -2.12. The molecule has 1 fully saturated rings. The molecular formula is C18H16BrN3O2. The molecule has 2 N–H and O–H groups in total. The molecule has 1 aliphatic rings. The summed E-state index contributed by atoms with van der Waals surface area (Å²) in [4.78, 5) is 20.3. The molecule has 5 nitrogen and oxygen atoms in total. The van der Waals surface area contributed by atoms with Crippen LogP contribution in [0.2, 0.25) is 0 Å². The van der Waals surface area contributed by atoms with Crippen LogP contribution in [0.25, 0.3) is 11.0 Å². The summed E-state index contributed by atoms with van der Waals surface area (Å²) in [5, 5.41) is 2.92. The van der Waals surface area contributed by atoms with Crippen molar-refractivity contribution in [3.05, 3.63) is 58.3 Å². The Balaban J connectivity index is 1.58. The lowest BCUT2D eigenvalue weighted by atomic mass is 10.2.